The lowest BCUT2D eigenvalue weighted by molar-refractivity contribution is -0.152. The van der Waals surface area contributed by atoms with Crippen molar-refractivity contribution in [2.75, 3.05) is 34.0 Å². The van der Waals surface area contributed by atoms with Crippen LogP contribution < -0.4 is 9.47 Å². The maximum absolute atomic E-state index is 10.3. The maximum atomic E-state index is 10.3. The lowest BCUT2D eigenvalue weighted by Gasteiger charge is -2.18. The third-order valence-corrected chi connectivity index (χ3v) is 10.0. The van der Waals surface area contributed by atoms with Gasteiger partial charge in [-0.1, -0.05) is 99.2 Å². The Morgan fingerprint density at radius 2 is 1.16 bits per heavy atom. The molecule has 0 radical (unpaired) electrons. The average molecular weight is 977 g/mol. The van der Waals surface area contributed by atoms with E-state index in [1.807, 2.05) is 101 Å². The molecule has 5 atom stereocenters. The summed E-state index contributed by atoms with van der Waals surface area (Å²) in [5, 5.41) is 10.3. The first kappa shape index (κ1) is 52.5. The van der Waals surface area contributed by atoms with Crippen LogP contribution in [0.2, 0.25) is 0 Å². The molecule has 0 saturated carbocycles. The van der Waals surface area contributed by atoms with Gasteiger partial charge in [0, 0.05) is 6.42 Å². The molecular weight excluding hydrogens is 908 g/mol. The summed E-state index contributed by atoms with van der Waals surface area (Å²) >= 11 is 6.59. The molecule has 10 nitrogen and oxygen atoms in total. The highest BCUT2D eigenvalue weighted by atomic mass is 79.9. The molecule has 0 spiro atoms. The van der Waals surface area contributed by atoms with E-state index in [2.05, 4.69) is 69.7 Å². The molecule has 338 valence electrons. The van der Waals surface area contributed by atoms with Crippen molar-refractivity contribution in [3.63, 3.8) is 0 Å². The van der Waals surface area contributed by atoms with Crippen molar-refractivity contribution >= 4 is 31.9 Å². The predicted octanol–water partition coefficient (Wildman–Crippen LogP) is 11.0. The fourth-order valence-electron chi connectivity index (χ4n) is 6.54. The van der Waals surface area contributed by atoms with Gasteiger partial charge >= 0.3 is 0 Å². The molecule has 5 rings (SSSR count). The normalized spacial score (nSPS) is 20.2. The van der Waals surface area contributed by atoms with Crippen LogP contribution in [-0.4, -0.2) is 81.2 Å². The summed E-state index contributed by atoms with van der Waals surface area (Å²) in [7, 11) is 3.31. The molecule has 2 saturated heterocycles. The highest BCUT2D eigenvalue weighted by Crippen LogP contribution is 2.33. The van der Waals surface area contributed by atoms with E-state index in [1.54, 1.807) is 14.2 Å². The van der Waals surface area contributed by atoms with Gasteiger partial charge in [0.25, 0.3) is 0 Å². The summed E-state index contributed by atoms with van der Waals surface area (Å²) in [6, 6.07) is 25.9. The van der Waals surface area contributed by atoms with Gasteiger partial charge in [0.15, 0.2) is 11.6 Å². The Morgan fingerprint density at radius 3 is 1.72 bits per heavy atom. The molecule has 1 unspecified atom stereocenters. The fraction of sp³-hybridized carbons (Fsp3) is 0.551. The Labute approximate surface area is 382 Å². The van der Waals surface area contributed by atoms with E-state index in [0.29, 0.717) is 46.1 Å². The SMILES string of the molecule is CCC[C@@H]1OC(C)(C)O[C@@H]1C(O)C#CCCOCc1ccc(OC)cc1.CCC[C@@H]1OC(C)(C)O[C@@H]1COCc1ccccc1.COc1ccc(COCCC=C(Br)Br)cc1. The molecular formula is C49H68Br2O10. The highest BCUT2D eigenvalue weighted by molar-refractivity contribution is 9.28. The number of halogens is 2. The number of hydrogen-bond acceptors (Lipinski definition) is 10. The highest BCUT2D eigenvalue weighted by Gasteiger charge is 2.44. The van der Waals surface area contributed by atoms with Gasteiger partial charge in [-0.3, -0.25) is 0 Å². The standard InChI is InChI=1S/C21H30O5.C16H24O3.C12H14Br2O2/c1-5-8-19-20(26-21(2,3)25-19)18(22)9-6-7-14-24-15-16-10-12-17(23-4)13-11-16;1-4-8-14-15(19-16(2,3)18-14)12-17-11-13-9-6-5-7-10-13;1-15-11-6-4-10(5-7-11)9-16-8-2-3-12(13)14/h10-13,18-20,22H,5,7-8,14-15H2,1-4H3;5-7,9-10,14-15H,4,8,11-12H2,1-3H3;3-7H,2,8-9H2,1H3/t18?,19-,20+;14-,15+;/m00./s1. The first-order valence-electron chi connectivity index (χ1n) is 21.2. The monoisotopic (exact) mass is 974 g/mol. The predicted molar refractivity (Wildman–Crippen MR) is 248 cm³/mol. The molecule has 2 aliphatic heterocycles. The minimum atomic E-state index is -0.852. The summed E-state index contributed by atoms with van der Waals surface area (Å²) in [4.78, 5) is 0. The first-order valence-corrected chi connectivity index (χ1v) is 22.8. The van der Waals surface area contributed by atoms with Crippen LogP contribution in [0.1, 0.15) is 96.8 Å². The third-order valence-electron chi connectivity index (χ3n) is 9.40. The number of aliphatic hydroxyl groups excluding tert-OH is 1. The molecule has 0 bridgehead atoms. The molecule has 2 heterocycles. The first-order chi connectivity index (χ1) is 29.3. The van der Waals surface area contributed by atoms with E-state index < -0.39 is 23.8 Å². The van der Waals surface area contributed by atoms with Crippen LogP contribution in [0, 0.1) is 11.8 Å². The largest absolute Gasteiger partial charge is 0.497 e. The number of rotatable bonds is 20. The average Bonchev–Trinajstić information content (AvgIpc) is 3.72. The smallest absolute Gasteiger partial charge is 0.163 e. The topological polar surface area (TPSA) is 103 Å². The van der Waals surface area contributed by atoms with E-state index in [1.165, 1.54) is 5.56 Å². The van der Waals surface area contributed by atoms with Crippen LogP contribution in [-0.2, 0) is 53.0 Å². The molecule has 0 amide bonds. The number of methoxy groups -OCH3 is 2. The van der Waals surface area contributed by atoms with Crippen molar-refractivity contribution in [1.29, 1.82) is 0 Å². The van der Waals surface area contributed by atoms with Crippen LogP contribution >= 0.6 is 31.9 Å². The lowest BCUT2D eigenvalue weighted by Crippen LogP contribution is -2.34. The van der Waals surface area contributed by atoms with Gasteiger partial charge in [0.2, 0.25) is 0 Å². The molecule has 0 aliphatic carbocycles. The Balaban J connectivity index is 0.000000252. The Morgan fingerprint density at radius 1 is 0.672 bits per heavy atom. The maximum Gasteiger partial charge on any atom is 0.163 e. The van der Waals surface area contributed by atoms with Crippen molar-refractivity contribution in [2.45, 2.75) is 142 Å². The zero-order valence-electron chi connectivity index (χ0n) is 37.3. The lowest BCUT2D eigenvalue weighted by atomic mass is 10.0. The summed E-state index contributed by atoms with van der Waals surface area (Å²) in [5.41, 5.74) is 3.43. The van der Waals surface area contributed by atoms with Gasteiger partial charge in [-0.25, -0.2) is 0 Å². The van der Waals surface area contributed by atoms with Crippen molar-refractivity contribution in [3.8, 4) is 23.3 Å². The number of hydrogen-bond donors (Lipinski definition) is 1. The Hall–Kier alpha value is -2.80. The summed E-state index contributed by atoms with van der Waals surface area (Å²) < 4.78 is 51.5. The zero-order chi connectivity index (χ0) is 44.5. The summed E-state index contributed by atoms with van der Waals surface area (Å²) in [6.07, 6.45) is 6.21. The minimum absolute atomic E-state index is 0.0404. The van der Waals surface area contributed by atoms with Gasteiger partial charge < -0.3 is 47.7 Å². The summed E-state index contributed by atoms with van der Waals surface area (Å²) in [5.74, 6) is 6.39. The number of aliphatic hydroxyl groups is 1. The van der Waals surface area contributed by atoms with E-state index in [9.17, 15) is 5.11 Å². The second-order valence-electron chi connectivity index (χ2n) is 15.5. The van der Waals surface area contributed by atoms with Crippen LogP contribution in [0.25, 0.3) is 0 Å². The zero-order valence-corrected chi connectivity index (χ0v) is 40.5. The van der Waals surface area contributed by atoms with E-state index in [4.69, 9.17) is 42.6 Å². The van der Waals surface area contributed by atoms with E-state index in [-0.39, 0.29) is 18.3 Å². The molecule has 1 N–H and O–H groups in total. The molecule has 0 aromatic heterocycles. The van der Waals surface area contributed by atoms with Gasteiger partial charge in [0.1, 0.15) is 29.8 Å². The molecule has 3 aromatic carbocycles. The van der Waals surface area contributed by atoms with Crippen LogP contribution in [0.4, 0.5) is 0 Å². The quantitative estimate of drug-likeness (QED) is 0.0870. The van der Waals surface area contributed by atoms with E-state index in [0.717, 1.165) is 58.1 Å². The molecule has 61 heavy (non-hydrogen) atoms. The van der Waals surface area contributed by atoms with Gasteiger partial charge in [-0.05, 0) is 120 Å². The van der Waals surface area contributed by atoms with Gasteiger partial charge in [-0.15, -0.1) is 0 Å². The number of benzene rings is 3. The van der Waals surface area contributed by atoms with Gasteiger partial charge in [0.05, 0.1) is 69.5 Å². The van der Waals surface area contributed by atoms with Crippen LogP contribution in [0.5, 0.6) is 11.5 Å². The van der Waals surface area contributed by atoms with E-state index >= 15 is 0 Å². The van der Waals surface area contributed by atoms with Crippen molar-refractivity contribution in [3.05, 3.63) is 105 Å². The van der Waals surface area contributed by atoms with Crippen LogP contribution in [0.15, 0.2) is 88.3 Å². The van der Waals surface area contributed by atoms with Crippen molar-refractivity contribution in [1.82, 2.24) is 0 Å². The van der Waals surface area contributed by atoms with Crippen molar-refractivity contribution in [2.24, 2.45) is 0 Å². The fourth-order valence-corrected chi connectivity index (χ4v) is 7.00. The second kappa shape index (κ2) is 28.8. The molecule has 2 fully saturated rings. The van der Waals surface area contributed by atoms with Crippen LogP contribution in [0.3, 0.4) is 0 Å². The van der Waals surface area contributed by atoms with Crippen molar-refractivity contribution < 1.29 is 47.7 Å². The third kappa shape index (κ3) is 21.4. The van der Waals surface area contributed by atoms with Gasteiger partial charge in [-0.2, -0.15) is 0 Å². The Bertz CT molecular complexity index is 1700. The molecule has 2 aliphatic rings. The Kier molecular flexibility index (Phi) is 24.8. The second-order valence-corrected chi connectivity index (χ2v) is 18.3. The minimum Gasteiger partial charge on any atom is -0.497 e. The molecule has 12 heteroatoms. The summed E-state index contributed by atoms with van der Waals surface area (Å²) in [6.45, 7) is 15.5. The molecule has 3 aromatic rings. The number of ether oxygens (including phenoxy) is 9.